The summed E-state index contributed by atoms with van der Waals surface area (Å²) in [4.78, 5) is 9.27. The molecule has 10 aromatic rings. The second-order valence-electron chi connectivity index (χ2n) is 13.5. The number of nitrogens with zero attached hydrogens (tertiary/aromatic N) is 4. The van der Waals surface area contributed by atoms with E-state index in [9.17, 15) is 0 Å². The second kappa shape index (κ2) is 12.4. The Kier molecular flexibility index (Phi) is 5.60. The summed E-state index contributed by atoms with van der Waals surface area (Å²) in [6.07, 6.45) is 0. The number of benzene rings is 4. The van der Waals surface area contributed by atoms with E-state index in [1.165, 1.54) is 0 Å². The van der Waals surface area contributed by atoms with Crippen LogP contribution in [0.25, 0.3) is 88.7 Å². The monoisotopic (exact) mass is 701 g/mol. The zero-order valence-electron chi connectivity index (χ0n) is 38.6. The third-order valence-electron chi connectivity index (χ3n) is 10.0. The topological polar surface area (TPSA) is 59.8 Å². The summed E-state index contributed by atoms with van der Waals surface area (Å²) in [6.45, 7) is -2.62. The van der Waals surface area contributed by atoms with Gasteiger partial charge in [0, 0.05) is 46.4 Å². The van der Waals surface area contributed by atoms with Crippen LogP contribution >= 0.6 is 0 Å². The number of hydrogen-bond donors (Lipinski definition) is 0. The van der Waals surface area contributed by atoms with Gasteiger partial charge in [0.1, 0.15) is 24.9 Å². The van der Waals surface area contributed by atoms with Gasteiger partial charge in [0.25, 0.3) is 11.0 Å². The first-order valence-corrected chi connectivity index (χ1v) is 17.3. The van der Waals surface area contributed by atoms with Crippen molar-refractivity contribution in [1.29, 1.82) is 0 Å². The molecule has 0 fully saturated rings. The second-order valence-corrected chi connectivity index (χ2v) is 13.5. The lowest BCUT2D eigenvalue weighted by molar-refractivity contribution is -0.633. The highest BCUT2D eigenvalue weighted by atomic mass is 16.3. The maximum absolute atomic E-state index is 7.66. The fraction of sp³-hybridized carbons (Fsp3) is 0.149. The molecule has 6 aromatic heterocycles. The number of fused-ring (bicyclic) bond motifs is 8. The van der Waals surface area contributed by atoms with Crippen LogP contribution in [0.15, 0.2) is 124 Å². The lowest BCUT2D eigenvalue weighted by Crippen LogP contribution is -2.31. The summed E-state index contributed by atoms with van der Waals surface area (Å²) in [6, 6.07) is 35.3. The minimum atomic E-state index is -2.20. The molecule has 0 saturated heterocycles. The van der Waals surface area contributed by atoms with E-state index in [2.05, 4.69) is 20.6 Å². The first-order valence-electron chi connectivity index (χ1n) is 21.8. The Bertz CT molecular complexity index is 3440. The van der Waals surface area contributed by atoms with Crippen LogP contribution in [0, 0.1) is 34.4 Å². The summed E-state index contributed by atoms with van der Waals surface area (Å²) in [5.41, 5.74) is 12.3. The largest absolute Gasteiger partial charge is 0.431 e. The van der Waals surface area contributed by atoms with E-state index in [4.69, 9.17) is 21.2 Å². The van der Waals surface area contributed by atoms with Gasteiger partial charge in [-0.3, -0.25) is 0 Å². The van der Waals surface area contributed by atoms with E-state index in [0.717, 1.165) is 77.3 Å². The molecule has 4 aromatic carbocycles. The normalized spacial score (nSPS) is 14.9. The van der Waals surface area contributed by atoms with E-state index in [-0.39, 0.29) is 5.56 Å². The van der Waals surface area contributed by atoms with Crippen molar-refractivity contribution in [2.24, 2.45) is 14.1 Å². The lowest BCUT2D eigenvalue weighted by Gasteiger charge is -2.06. The van der Waals surface area contributed by atoms with Gasteiger partial charge in [-0.25, -0.2) is 9.97 Å². The molecular formula is C47H40N4O2+2. The third-order valence-corrected chi connectivity index (χ3v) is 10.0. The SMILES string of the molecule is [2H]C([2H])([2H])c1ccc(-c2ccc3oc4nc5cc(C([2H])([2H])[2H])ccc5cc4c3[n+]2C)c(C)c1.[2H]C([2H])([2H])c1ccc(-c2ccc3oc4nc5ccccc5cc4c3[n+]2C)c(C)c1. The average molecular weight is 702 g/mol. The van der Waals surface area contributed by atoms with Crippen LogP contribution in [0.3, 0.4) is 0 Å². The maximum atomic E-state index is 7.66. The number of furan rings is 2. The molecule has 0 atom stereocenters. The molecule has 0 unspecified atom stereocenters. The zero-order chi connectivity index (χ0) is 44.0. The Morgan fingerprint density at radius 1 is 0.509 bits per heavy atom. The molecule has 258 valence electrons. The number of rotatable bonds is 2. The molecule has 6 heterocycles. The third kappa shape index (κ3) is 5.49. The number of aryl methyl sites for hydroxylation is 7. The fourth-order valence-corrected chi connectivity index (χ4v) is 7.45. The molecule has 53 heavy (non-hydrogen) atoms. The van der Waals surface area contributed by atoms with Crippen LogP contribution in [0.1, 0.15) is 40.2 Å². The van der Waals surface area contributed by atoms with Crippen molar-refractivity contribution in [3.8, 4) is 22.5 Å². The van der Waals surface area contributed by atoms with Gasteiger partial charge < -0.3 is 8.83 Å². The van der Waals surface area contributed by atoms with Crippen LogP contribution < -0.4 is 9.13 Å². The molecule has 0 spiro atoms. The van der Waals surface area contributed by atoms with Crippen molar-refractivity contribution >= 4 is 66.2 Å². The van der Waals surface area contributed by atoms with Gasteiger partial charge in [-0.15, -0.1) is 0 Å². The quantitative estimate of drug-likeness (QED) is 0.168. The van der Waals surface area contributed by atoms with Gasteiger partial charge in [0.05, 0.1) is 11.0 Å². The van der Waals surface area contributed by atoms with Gasteiger partial charge >= 0.3 is 0 Å². The van der Waals surface area contributed by atoms with Crippen molar-refractivity contribution in [3.05, 3.63) is 143 Å². The van der Waals surface area contributed by atoms with Crippen molar-refractivity contribution < 1.29 is 30.3 Å². The number of hydrogen-bond acceptors (Lipinski definition) is 4. The number of pyridine rings is 4. The van der Waals surface area contributed by atoms with Crippen molar-refractivity contribution in [3.63, 3.8) is 0 Å². The van der Waals surface area contributed by atoms with E-state index >= 15 is 0 Å². The molecule has 10 rings (SSSR count). The highest BCUT2D eigenvalue weighted by molar-refractivity contribution is 6.05. The minimum Gasteiger partial charge on any atom is -0.431 e. The Hall–Kier alpha value is -6.40. The Morgan fingerprint density at radius 2 is 1.00 bits per heavy atom. The molecule has 0 saturated carbocycles. The molecule has 6 nitrogen and oxygen atoms in total. The maximum Gasteiger partial charge on any atom is 0.261 e. The number of aromatic nitrogens is 4. The van der Waals surface area contributed by atoms with E-state index in [1.54, 1.807) is 42.5 Å². The Labute approximate surface area is 320 Å². The van der Waals surface area contributed by atoms with Crippen LogP contribution in [-0.2, 0) is 14.1 Å². The molecule has 6 heteroatoms. The van der Waals surface area contributed by atoms with Crippen LogP contribution in [0.4, 0.5) is 0 Å². The van der Waals surface area contributed by atoms with E-state index in [0.29, 0.717) is 33.7 Å². The summed E-state index contributed by atoms with van der Waals surface area (Å²) in [5, 5.41) is 3.66. The minimum absolute atomic E-state index is 0.238. The molecule has 0 aliphatic carbocycles. The lowest BCUT2D eigenvalue weighted by atomic mass is 10.0. The molecule has 0 amide bonds. The van der Waals surface area contributed by atoms with Crippen molar-refractivity contribution in [1.82, 2.24) is 9.97 Å². The summed E-state index contributed by atoms with van der Waals surface area (Å²) in [5.74, 6) is 0. The summed E-state index contributed by atoms with van der Waals surface area (Å²) < 4.78 is 84.9. The Balaban J connectivity index is 0.000000159. The number of para-hydroxylation sites is 1. The van der Waals surface area contributed by atoms with Crippen LogP contribution in [-0.4, -0.2) is 9.97 Å². The average Bonchev–Trinajstić information content (AvgIpc) is 3.76. The van der Waals surface area contributed by atoms with Crippen LogP contribution in [0.5, 0.6) is 0 Å². The standard InChI is InChI=1S/C24H21N2O.C23H19N2O/c1-14-6-8-18(16(3)11-14)21-9-10-22-23(26(21)4)19-13-17-7-5-15(2)12-20(17)25-24(19)27-22;1-14-8-9-17(15(2)12-14)20-10-11-21-22(25(20)3)18-13-16-6-4-5-7-19(16)24-23(18)26-21/h5-13H,1-4H3;4-13H,1-3H3/q2*+1/i1D3,2D3;1D3. The highest BCUT2D eigenvalue weighted by Gasteiger charge is 2.24. The highest BCUT2D eigenvalue weighted by Crippen LogP contribution is 2.32. The fourth-order valence-electron chi connectivity index (χ4n) is 7.45. The Morgan fingerprint density at radius 3 is 1.55 bits per heavy atom. The smallest absolute Gasteiger partial charge is 0.261 e. The van der Waals surface area contributed by atoms with Gasteiger partial charge in [-0.2, -0.15) is 9.13 Å². The van der Waals surface area contributed by atoms with Crippen molar-refractivity contribution in [2.45, 2.75) is 34.4 Å². The zero-order valence-corrected chi connectivity index (χ0v) is 29.6. The van der Waals surface area contributed by atoms with Gasteiger partial charge in [-0.05, 0) is 99.6 Å². The van der Waals surface area contributed by atoms with Crippen molar-refractivity contribution in [2.75, 3.05) is 0 Å². The van der Waals surface area contributed by atoms with Gasteiger partial charge in [0.2, 0.25) is 34.0 Å². The molecule has 0 radical (unpaired) electrons. The molecule has 0 bridgehead atoms. The van der Waals surface area contributed by atoms with E-state index in [1.807, 2.05) is 99.2 Å². The molecular weight excluding hydrogens is 653 g/mol. The van der Waals surface area contributed by atoms with Gasteiger partial charge in [-0.1, -0.05) is 65.7 Å². The first-order chi connectivity index (χ1) is 29.3. The van der Waals surface area contributed by atoms with E-state index < -0.39 is 20.6 Å². The molecule has 0 N–H and O–H groups in total. The van der Waals surface area contributed by atoms with Gasteiger partial charge in [0.15, 0.2) is 0 Å². The molecule has 0 aliphatic rings. The predicted octanol–water partition coefficient (Wildman–Crippen LogP) is 10.8. The molecule has 0 aliphatic heterocycles. The summed E-state index contributed by atoms with van der Waals surface area (Å²) >= 11 is 0. The predicted molar refractivity (Wildman–Crippen MR) is 215 cm³/mol. The first kappa shape index (κ1) is 24.0. The summed E-state index contributed by atoms with van der Waals surface area (Å²) in [7, 11) is 3.94. The van der Waals surface area contributed by atoms with Crippen LogP contribution in [0.2, 0.25) is 0 Å².